The molecule has 0 bridgehead atoms. The standard InChI is InChI=1S/C25H27ClF3N3O/c1-2-3-6-14-32(24(33)30-23-13-5-4-12-22(23)25(27,28)29)18-21-11-8-15-31(21)17-19-9-7-10-20(26)16-19/h4-5,7-13,15-16H,2-3,6,14,17-18H2,1H3,(H,30,33). The maximum atomic E-state index is 13.4. The Balaban J connectivity index is 1.79. The minimum atomic E-state index is -4.55. The Bertz CT molecular complexity index is 1060. The summed E-state index contributed by atoms with van der Waals surface area (Å²) in [6, 6.07) is 15.8. The quantitative estimate of drug-likeness (QED) is 0.319. The number of para-hydroxylation sites is 1. The van der Waals surface area contributed by atoms with Gasteiger partial charge in [-0.3, -0.25) is 0 Å². The van der Waals surface area contributed by atoms with Crippen LogP contribution in [0, 0.1) is 0 Å². The van der Waals surface area contributed by atoms with E-state index in [-0.39, 0.29) is 12.2 Å². The molecule has 1 heterocycles. The number of hydrogen-bond donors (Lipinski definition) is 1. The number of benzene rings is 2. The fraction of sp³-hybridized carbons (Fsp3) is 0.320. The highest BCUT2D eigenvalue weighted by atomic mass is 35.5. The average molecular weight is 478 g/mol. The number of carbonyl (C=O) groups is 1. The highest BCUT2D eigenvalue weighted by molar-refractivity contribution is 6.30. The smallest absolute Gasteiger partial charge is 0.345 e. The minimum absolute atomic E-state index is 0.246. The Labute approximate surface area is 197 Å². The van der Waals surface area contributed by atoms with Gasteiger partial charge in [0.1, 0.15) is 0 Å². The summed E-state index contributed by atoms with van der Waals surface area (Å²) in [5, 5.41) is 3.12. The minimum Gasteiger partial charge on any atom is -0.345 e. The van der Waals surface area contributed by atoms with E-state index in [1.807, 2.05) is 41.1 Å². The Kier molecular flexibility index (Phi) is 8.44. The van der Waals surface area contributed by atoms with Gasteiger partial charge in [0.25, 0.3) is 0 Å². The molecule has 2 amide bonds. The first-order chi connectivity index (χ1) is 15.8. The number of carbonyl (C=O) groups excluding carboxylic acids is 1. The number of halogens is 4. The van der Waals surface area contributed by atoms with Crippen LogP contribution in [-0.4, -0.2) is 22.0 Å². The monoisotopic (exact) mass is 477 g/mol. The van der Waals surface area contributed by atoms with Crippen LogP contribution in [0.5, 0.6) is 0 Å². The lowest BCUT2D eigenvalue weighted by Gasteiger charge is -2.25. The van der Waals surface area contributed by atoms with Crippen molar-refractivity contribution in [3.63, 3.8) is 0 Å². The third-order valence-electron chi connectivity index (χ3n) is 5.31. The number of unbranched alkanes of at least 4 members (excludes halogenated alkanes) is 2. The van der Waals surface area contributed by atoms with Gasteiger partial charge in [0.2, 0.25) is 0 Å². The van der Waals surface area contributed by atoms with E-state index in [9.17, 15) is 18.0 Å². The molecular weight excluding hydrogens is 451 g/mol. The average Bonchev–Trinajstić information content (AvgIpc) is 3.19. The largest absolute Gasteiger partial charge is 0.418 e. The second-order valence-corrected chi connectivity index (χ2v) is 8.30. The van der Waals surface area contributed by atoms with Crippen molar-refractivity contribution in [2.45, 2.75) is 45.5 Å². The Morgan fingerprint density at radius 1 is 1.06 bits per heavy atom. The van der Waals surface area contributed by atoms with Gasteiger partial charge in [-0.1, -0.05) is 55.6 Å². The molecular formula is C25H27ClF3N3O. The molecule has 8 heteroatoms. The Morgan fingerprint density at radius 2 is 1.85 bits per heavy atom. The first-order valence-corrected chi connectivity index (χ1v) is 11.3. The number of anilines is 1. The van der Waals surface area contributed by atoms with Gasteiger partial charge < -0.3 is 14.8 Å². The van der Waals surface area contributed by atoms with Gasteiger partial charge in [-0.2, -0.15) is 13.2 Å². The van der Waals surface area contributed by atoms with Crippen molar-refractivity contribution < 1.29 is 18.0 Å². The highest BCUT2D eigenvalue weighted by Gasteiger charge is 2.34. The molecule has 0 fully saturated rings. The molecule has 176 valence electrons. The van der Waals surface area contributed by atoms with E-state index < -0.39 is 17.8 Å². The molecule has 0 saturated heterocycles. The van der Waals surface area contributed by atoms with Crippen LogP contribution in [0.2, 0.25) is 5.02 Å². The first kappa shape index (κ1) is 24.7. The number of amides is 2. The molecule has 1 N–H and O–H groups in total. The summed E-state index contributed by atoms with van der Waals surface area (Å²) in [6.45, 7) is 3.35. The van der Waals surface area contributed by atoms with Crippen LogP contribution < -0.4 is 5.32 Å². The maximum Gasteiger partial charge on any atom is 0.418 e. The molecule has 0 saturated carbocycles. The van der Waals surface area contributed by atoms with Crippen molar-refractivity contribution in [1.29, 1.82) is 0 Å². The summed E-state index contributed by atoms with van der Waals surface area (Å²) in [7, 11) is 0. The fourth-order valence-corrected chi connectivity index (χ4v) is 3.83. The van der Waals surface area contributed by atoms with Gasteiger partial charge in [-0.25, -0.2) is 4.79 Å². The van der Waals surface area contributed by atoms with Crippen molar-refractivity contribution in [2.75, 3.05) is 11.9 Å². The number of nitrogens with zero attached hydrogens (tertiary/aromatic N) is 2. The summed E-state index contributed by atoms with van der Waals surface area (Å²) < 4.78 is 42.1. The van der Waals surface area contributed by atoms with Gasteiger partial charge in [-0.05, 0) is 48.4 Å². The zero-order valence-electron chi connectivity index (χ0n) is 18.4. The van der Waals surface area contributed by atoms with Crippen LogP contribution in [0.4, 0.5) is 23.7 Å². The van der Waals surface area contributed by atoms with Crippen molar-refractivity contribution in [1.82, 2.24) is 9.47 Å². The SMILES string of the molecule is CCCCCN(Cc1cccn1Cc1cccc(Cl)c1)C(=O)Nc1ccccc1C(F)(F)F. The van der Waals surface area contributed by atoms with Crippen LogP contribution in [0.25, 0.3) is 0 Å². The van der Waals surface area contributed by atoms with Crippen molar-refractivity contribution >= 4 is 23.3 Å². The predicted octanol–water partition coefficient (Wildman–Crippen LogP) is 7.43. The Hall–Kier alpha value is -2.93. The van der Waals surface area contributed by atoms with E-state index in [1.165, 1.54) is 18.2 Å². The number of rotatable bonds is 9. The van der Waals surface area contributed by atoms with Gasteiger partial charge >= 0.3 is 12.2 Å². The van der Waals surface area contributed by atoms with Gasteiger partial charge in [0, 0.05) is 30.0 Å². The van der Waals surface area contributed by atoms with Gasteiger partial charge in [0.05, 0.1) is 17.8 Å². The molecule has 0 aliphatic rings. The van der Waals surface area contributed by atoms with Gasteiger partial charge in [0.15, 0.2) is 0 Å². The van der Waals surface area contributed by atoms with Crippen molar-refractivity contribution in [3.8, 4) is 0 Å². The van der Waals surface area contributed by atoms with Crippen LogP contribution in [-0.2, 0) is 19.3 Å². The molecule has 2 aromatic carbocycles. The van der Waals surface area contributed by atoms with E-state index in [0.717, 1.165) is 36.6 Å². The second-order valence-electron chi connectivity index (χ2n) is 7.86. The zero-order chi connectivity index (χ0) is 23.8. The summed E-state index contributed by atoms with van der Waals surface area (Å²) in [4.78, 5) is 14.6. The number of nitrogens with one attached hydrogen (secondary N) is 1. The van der Waals surface area contributed by atoms with Crippen LogP contribution in [0.1, 0.15) is 43.0 Å². The lowest BCUT2D eigenvalue weighted by molar-refractivity contribution is -0.136. The highest BCUT2D eigenvalue weighted by Crippen LogP contribution is 2.34. The molecule has 0 aliphatic heterocycles. The molecule has 0 aliphatic carbocycles. The van der Waals surface area contributed by atoms with E-state index >= 15 is 0 Å². The van der Waals surface area contributed by atoms with Crippen molar-refractivity contribution in [3.05, 3.63) is 88.7 Å². The van der Waals surface area contributed by atoms with Gasteiger partial charge in [-0.15, -0.1) is 0 Å². The van der Waals surface area contributed by atoms with E-state index in [2.05, 4.69) is 12.2 Å². The lowest BCUT2D eigenvalue weighted by atomic mass is 10.1. The zero-order valence-corrected chi connectivity index (χ0v) is 19.2. The second kappa shape index (κ2) is 11.3. The molecule has 0 unspecified atom stereocenters. The summed E-state index contributed by atoms with van der Waals surface area (Å²) in [5.41, 5.74) is 0.785. The molecule has 4 nitrogen and oxygen atoms in total. The topological polar surface area (TPSA) is 37.3 Å². The first-order valence-electron chi connectivity index (χ1n) is 10.9. The predicted molar refractivity (Wildman–Crippen MR) is 125 cm³/mol. The maximum absolute atomic E-state index is 13.4. The van der Waals surface area contributed by atoms with Crippen LogP contribution in [0.3, 0.4) is 0 Å². The molecule has 3 rings (SSSR count). The number of aromatic nitrogens is 1. The lowest BCUT2D eigenvalue weighted by Crippen LogP contribution is -2.36. The molecule has 0 radical (unpaired) electrons. The fourth-order valence-electron chi connectivity index (χ4n) is 3.61. The normalized spacial score (nSPS) is 11.4. The number of alkyl halides is 3. The summed E-state index contributed by atoms with van der Waals surface area (Å²) >= 11 is 6.09. The molecule has 0 atom stereocenters. The van der Waals surface area contributed by atoms with E-state index in [0.29, 0.717) is 18.1 Å². The third-order valence-corrected chi connectivity index (χ3v) is 5.55. The summed E-state index contributed by atoms with van der Waals surface area (Å²) in [5.74, 6) is 0. The number of hydrogen-bond acceptors (Lipinski definition) is 1. The van der Waals surface area contributed by atoms with Crippen LogP contribution >= 0.6 is 11.6 Å². The van der Waals surface area contributed by atoms with E-state index in [1.54, 1.807) is 11.0 Å². The van der Waals surface area contributed by atoms with Crippen molar-refractivity contribution in [2.24, 2.45) is 0 Å². The Morgan fingerprint density at radius 3 is 2.58 bits per heavy atom. The molecule has 3 aromatic rings. The molecule has 0 spiro atoms. The summed E-state index contributed by atoms with van der Waals surface area (Å²) in [6.07, 6.45) is 0.0175. The van der Waals surface area contributed by atoms with Crippen LogP contribution in [0.15, 0.2) is 66.9 Å². The number of urea groups is 1. The molecule has 1 aromatic heterocycles. The molecule has 33 heavy (non-hydrogen) atoms. The third kappa shape index (κ3) is 7.02. The van der Waals surface area contributed by atoms with E-state index in [4.69, 9.17) is 11.6 Å².